The number of carboxylic acid groups (broad SMARTS) is 1. The maximum absolute atomic E-state index is 13.5. The SMILES string of the molecule is Cc1cccc2[nH]c(C(=O)N[C@H](C(=O)NC(CC(=O)O)C(=O)CF)C(C)C)c(CCc3ccccc3)c12. The van der Waals surface area contributed by atoms with E-state index in [4.69, 9.17) is 5.11 Å². The molecule has 1 heterocycles. The molecule has 0 saturated carbocycles. The second kappa shape index (κ2) is 12.3. The fourth-order valence-corrected chi connectivity index (χ4v) is 4.39. The highest BCUT2D eigenvalue weighted by atomic mass is 19.1. The van der Waals surface area contributed by atoms with Crippen LogP contribution >= 0.6 is 0 Å². The second-order valence-electron chi connectivity index (χ2n) is 9.42. The number of rotatable bonds is 12. The van der Waals surface area contributed by atoms with Crippen LogP contribution in [0.5, 0.6) is 0 Å². The molecule has 3 rings (SSSR count). The summed E-state index contributed by atoms with van der Waals surface area (Å²) in [4.78, 5) is 52.6. The summed E-state index contributed by atoms with van der Waals surface area (Å²) >= 11 is 0. The highest BCUT2D eigenvalue weighted by Crippen LogP contribution is 2.27. The van der Waals surface area contributed by atoms with Crippen molar-refractivity contribution in [1.82, 2.24) is 15.6 Å². The quantitative estimate of drug-likeness (QED) is 0.297. The van der Waals surface area contributed by atoms with E-state index in [-0.39, 0.29) is 0 Å². The largest absolute Gasteiger partial charge is 0.481 e. The molecule has 0 saturated heterocycles. The fourth-order valence-electron chi connectivity index (χ4n) is 4.39. The van der Waals surface area contributed by atoms with E-state index < -0.39 is 54.7 Å². The van der Waals surface area contributed by atoms with Crippen LogP contribution in [0.15, 0.2) is 48.5 Å². The number of H-pyrrole nitrogens is 1. The Morgan fingerprint density at radius 2 is 1.68 bits per heavy atom. The zero-order valence-corrected chi connectivity index (χ0v) is 21.1. The van der Waals surface area contributed by atoms with E-state index in [9.17, 15) is 23.6 Å². The molecular formula is C28H32FN3O5. The zero-order valence-electron chi connectivity index (χ0n) is 21.1. The summed E-state index contributed by atoms with van der Waals surface area (Å²) in [6.45, 7) is 3.98. The van der Waals surface area contributed by atoms with E-state index in [0.29, 0.717) is 18.5 Å². The van der Waals surface area contributed by atoms with Gasteiger partial charge < -0.3 is 20.7 Å². The van der Waals surface area contributed by atoms with E-state index in [0.717, 1.165) is 27.6 Å². The number of ketones is 1. The number of amides is 2. The number of Topliss-reactive ketones (excluding diaryl/α,β-unsaturated/α-hetero) is 1. The van der Waals surface area contributed by atoms with E-state index in [1.165, 1.54) is 0 Å². The number of hydrogen-bond donors (Lipinski definition) is 4. The Morgan fingerprint density at radius 1 is 0.973 bits per heavy atom. The van der Waals surface area contributed by atoms with Crippen molar-refractivity contribution >= 4 is 34.5 Å². The zero-order chi connectivity index (χ0) is 27.1. The number of carbonyl (C=O) groups is 4. The molecule has 9 heteroatoms. The number of nitrogens with one attached hydrogen (secondary N) is 3. The van der Waals surface area contributed by atoms with E-state index >= 15 is 0 Å². The molecule has 196 valence electrons. The van der Waals surface area contributed by atoms with Gasteiger partial charge in [-0.05, 0) is 48.4 Å². The van der Waals surface area contributed by atoms with Crippen molar-refractivity contribution in [2.45, 2.75) is 52.1 Å². The van der Waals surface area contributed by atoms with Gasteiger partial charge in [-0.3, -0.25) is 19.2 Å². The molecule has 0 aliphatic rings. The van der Waals surface area contributed by atoms with Crippen molar-refractivity contribution in [3.05, 3.63) is 70.9 Å². The van der Waals surface area contributed by atoms with Gasteiger partial charge in [0, 0.05) is 10.9 Å². The van der Waals surface area contributed by atoms with Crippen molar-refractivity contribution in [3.8, 4) is 0 Å². The number of fused-ring (bicyclic) bond motifs is 1. The number of aromatic nitrogens is 1. The van der Waals surface area contributed by atoms with Crippen LogP contribution in [0.3, 0.4) is 0 Å². The van der Waals surface area contributed by atoms with Crippen molar-refractivity contribution in [2.75, 3.05) is 6.67 Å². The van der Waals surface area contributed by atoms with Crippen LogP contribution in [-0.2, 0) is 27.2 Å². The molecule has 2 aromatic carbocycles. The van der Waals surface area contributed by atoms with Gasteiger partial charge in [0.2, 0.25) is 5.91 Å². The van der Waals surface area contributed by atoms with Gasteiger partial charge in [0.1, 0.15) is 24.5 Å². The minimum absolute atomic E-state index is 0.334. The van der Waals surface area contributed by atoms with Crippen LogP contribution in [0.4, 0.5) is 4.39 Å². The maximum atomic E-state index is 13.5. The Balaban J connectivity index is 1.88. The predicted octanol–water partition coefficient (Wildman–Crippen LogP) is 3.51. The molecular weight excluding hydrogens is 477 g/mol. The number of halogens is 1. The van der Waals surface area contributed by atoms with Crippen LogP contribution in [-0.4, -0.2) is 52.4 Å². The standard InChI is InChI=1S/C28H32FN3O5/c1-16(2)25(27(36)31-21(14-23(34)35)22(33)15-29)32-28(37)26-19(13-12-18-9-5-4-6-10-18)24-17(3)8-7-11-20(24)30-26/h4-11,16,21,25,30H,12-15H2,1-3H3,(H,31,36)(H,32,37)(H,34,35)/t21?,25-/m0/s1. The first-order valence-electron chi connectivity index (χ1n) is 12.2. The Kier molecular flexibility index (Phi) is 9.16. The number of aromatic amines is 1. The summed E-state index contributed by atoms with van der Waals surface area (Å²) in [5, 5.41) is 15.0. The van der Waals surface area contributed by atoms with Crippen LogP contribution in [0.1, 0.15) is 47.4 Å². The van der Waals surface area contributed by atoms with Crippen LogP contribution in [0, 0.1) is 12.8 Å². The van der Waals surface area contributed by atoms with Gasteiger partial charge in [-0.1, -0.05) is 56.3 Å². The Labute approximate surface area is 214 Å². The molecule has 1 unspecified atom stereocenters. The number of alkyl halides is 1. The average Bonchev–Trinajstić information content (AvgIpc) is 3.25. The van der Waals surface area contributed by atoms with Crippen molar-refractivity contribution in [3.63, 3.8) is 0 Å². The highest BCUT2D eigenvalue weighted by molar-refractivity contribution is 6.04. The lowest BCUT2D eigenvalue weighted by Crippen LogP contribution is -2.54. The minimum atomic E-state index is -1.52. The molecule has 0 aliphatic carbocycles. The Bertz CT molecular complexity index is 1290. The lowest BCUT2D eigenvalue weighted by molar-refractivity contribution is -0.140. The van der Waals surface area contributed by atoms with Crippen molar-refractivity contribution < 1.29 is 28.7 Å². The smallest absolute Gasteiger partial charge is 0.305 e. The molecule has 3 aromatic rings. The summed E-state index contributed by atoms with van der Waals surface area (Å²) in [5.41, 5.74) is 4.09. The maximum Gasteiger partial charge on any atom is 0.305 e. The number of carbonyl (C=O) groups excluding carboxylic acids is 3. The monoisotopic (exact) mass is 509 g/mol. The summed E-state index contributed by atoms with van der Waals surface area (Å²) in [6.07, 6.45) is 0.540. The van der Waals surface area contributed by atoms with Crippen LogP contribution in [0.25, 0.3) is 10.9 Å². The van der Waals surface area contributed by atoms with Gasteiger partial charge in [0.25, 0.3) is 5.91 Å². The Morgan fingerprint density at radius 3 is 2.30 bits per heavy atom. The molecule has 2 atom stereocenters. The van der Waals surface area contributed by atoms with Gasteiger partial charge in [-0.15, -0.1) is 0 Å². The van der Waals surface area contributed by atoms with Crippen LogP contribution in [0.2, 0.25) is 0 Å². The van der Waals surface area contributed by atoms with Gasteiger partial charge in [0.15, 0.2) is 5.78 Å². The number of carboxylic acids is 1. The van der Waals surface area contributed by atoms with Crippen molar-refractivity contribution in [1.29, 1.82) is 0 Å². The number of benzene rings is 2. The molecule has 8 nitrogen and oxygen atoms in total. The molecule has 0 radical (unpaired) electrons. The van der Waals surface area contributed by atoms with Gasteiger partial charge in [-0.25, -0.2) is 4.39 Å². The molecule has 0 fully saturated rings. The third-order valence-corrected chi connectivity index (χ3v) is 6.32. The number of aryl methyl sites for hydroxylation is 3. The lowest BCUT2D eigenvalue weighted by atomic mass is 9.98. The predicted molar refractivity (Wildman–Crippen MR) is 138 cm³/mol. The second-order valence-corrected chi connectivity index (χ2v) is 9.42. The third kappa shape index (κ3) is 6.81. The summed E-state index contributed by atoms with van der Waals surface area (Å²) in [6, 6.07) is 13.1. The van der Waals surface area contributed by atoms with E-state index in [1.807, 2.05) is 55.5 Å². The molecule has 1 aromatic heterocycles. The summed E-state index contributed by atoms with van der Waals surface area (Å²) in [7, 11) is 0. The first kappa shape index (κ1) is 27.6. The Hall–Kier alpha value is -4.01. The van der Waals surface area contributed by atoms with Crippen LogP contribution < -0.4 is 10.6 Å². The van der Waals surface area contributed by atoms with E-state index in [1.54, 1.807) is 13.8 Å². The molecule has 0 aliphatic heterocycles. The third-order valence-electron chi connectivity index (χ3n) is 6.32. The summed E-state index contributed by atoms with van der Waals surface area (Å²) < 4.78 is 12.9. The molecule has 37 heavy (non-hydrogen) atoms. The average molecular weight is 510 g/mol. The fraction of sp³-hybridized carbons (Fsp3) is 0.357. The van der Waals surface area contributed by atoms with Gasteiger partial charge >= 0.3 is 5.97 Å². The first-order valence-corrected chi connectivity index (χ1v) is 12.2. The highest BCUT2D eigenvalue weighted by Gasteiger charge is 2.31. The molecule has 4 N–H and O–H groups in total. The topological polar surface area (TPSA) is 128 Å². The first-order chi connectivity index (χ1) is 17.6. The molecule has 0 bridgehead atoms. The minimum Gasteiger partial charge on any atom is -0.481 e. The van der Waals surface area contributed by atoms with Gasteiger partial charge in [0.05, 0.1) is 6.42 Å². The normalized spacial score (nSPS) is 12.8. The van der Waals surface area contributed by atoms with E-state index in [2.05, 4.69) is 15.6 Å². The molecule has 2 amide bonds. The number of hydrogen-bond acceptors (Lipinski definition) is 4. The van der Waals surface area contributed by atoms with Crippen molar-refractivity contribution in [2.24, 2.45) is 5.92 Å². The lowest BCUT2D eigenvalue weighted by Gasteiger charge is -2.24. The number of aliphatic carboxylic acids is 1. The summed E-state index contributed by atoms with van der Waals surface area (Å²) in [5.74, 6) is -4.05. The molecule has 0 spiro atoms. The van der Waals surface area contributed by atoms with Gasteiger partial charge in [-0.2, -0.15) is 0 Å².